The molecule has 0 heterocycles. The minimum atomic E-state index is -4.43. The van der Waals surface area contributed by atoms with Gasteiger partial charge >= 0.3 is 5.97 Å². The predicted molar refractivity (Wildman–Crippen MR) is 54.1 cm³/mol. The monoisotopic (exact) mass is 283 g/mol. The molecule has 18 heavy (non-hydrogen) atoms. The van der Waals surface area contributed by atoms with E-state index in [1.54, 1.807) is 0 Å². The molecule has 0 spiro atoms. The summed E-state index contributed by atoms with van der Waals surface area (Å²) in [6, 6.07) is 0.230. The maximum Gasteiger partial charge on any atom is 0.338 e. The molecule has 0 fully saturated rings. The van der Waals surface area contributed by atoms with Crippen LogP contribution in [0.15, 0.2) is 11.0 Å². The van der Waals surface area contributed by atoms with Gasteiger partial charge in [-0.05, 0) is 6.07 Å². The highest BCUT2D eigenvalue weighted by molar-refractivity contribution is 7.89. The van der Waals surface area contributed by atoms with E-state index in [1.165, 1.54) is 6.92 Å². The Kier molecular flexibility index (Phi) is 3.97. The van der Waals surface area contributed by atoms with Crippen molar-refractivity contribution < 1.29 is 31.5 Å². The van der Waals surface area contributed by atoms with E-state index in [9.17, 15) is 26.4 Å². The van der Waals surface area contributed by atoms with Gasteiger partial charge in [0.25, 0.3) is 0 Å². The molecule has 0 saturated heterocycles. The summed E-state index contributed by atoms with van der Waals surface area (Å²) in [5.74, 6) is -7.96. The molecule has 0 bridgehead atoms. The summed E-state index contributed by atoms with van der Waals surface area (Å²) in [5, 5.41) is 8.56. The zero-order chi connectivity index (χ0) is 14.1. The van der Waals surface area contributed by atoms with Crippen molar-refractivity contribution in [3.63, 3.8) is 0 Å². The lowest BCUT2D eigenvalue weighted by Crippen LogP contribution is -2.25. The Hall–Kier alpha value is -1.61. The van der Waals surface area contributed by atoms with Crippen molar-refractivity contribution >= 4 is 16.0 Å². The molecule has 1 rings (SSSR count). The highest BCUT2D eigenvalue weighted by Crippen LogP contribution is 2.23. The van der Waals surface area contributed by atoms with Gasteiger partial charge in [0, 0.05) is 6.54 Å². The van der Waals surface area contributed by atoms with E-state index in [0.29, 0.717) is 0 Å². The normalized spacial score (nSPS) is 11.6. The van der Waals surface area contributed by atoms with E-state index in [4.69, 9.17) is 5.11 Å². The zero-order valence-corrected chi connectivity index (χ0v) is 9.82. The number of carbonyl (C=O) groups is 1. The van der Waals surface area contributed by atoms with Gasteiger partial charge in [0.2, 0.25) is 10.0 Å². The average molecular weight is 283 g/mol. The number of rotatable bonds is 4. The van der Waals surface area contributed by atoms with Crippen molar-refractivity contribution in [2.24, 2.45) is 0 Å². The van der Waals surface area contributed by atoms with Crippen molar-refractivity contribution in [2.75, 3.05) is 6.54 Å². The van der Waals surface area contributed by atoms with Gasteiger partial charge < -0.3 is 5.11 Å². The average Bonchev–Trinajstić information content (AvgIpc) is 2.25. The number of carboxylic acids is 1. The molecule has 100 valence electrons. The third-order valence-electron chi connectivity index (χ3n) is 1.97. The van der Waals surface area contributed by atoms with Crippen LogP contribution in [0.1, 0.15) is 17.3 Å². The number of hydrogen-bond donors (Lipinski definition) is 2. The van der Waals surface area contributed by atoms with Crippen molar-refractivity contribution in [1.29, 1.82) is 0 Å². The quantitative estimate of drug-likeness (QED) is 0.810. The fourth-order valence-corrected chi connectivity index (χ4v) is 2.33. The molecule has 0 aliphatic rings. The van der Waals surface area contributed by atoms with Gasteiger partial charge in [0.05, 0.1) is 5.56 Å². The molecule has 0 radical (unpaired) electrons. The van der Waals surface area contributed by atoms with Crippen molar-refractivity contribution in [2.45, 2.75) is 11.8 Å². The fourth-order valence-electron chi connectivity index (χ4n) is 1.20. The van der Waals surface area contributed by atoms with Gasteiger partial charge in [-0.25, -0.2) is 31.1 Å². The van der Waals surface area contributed by atoms with E-state index in [0.717, 1.165) is 0 Å². The first-order valence-electron chi connectivity index (χ1n) is 4.62. The number of benzene rings is 1. The summed E-state index contributed by atoms with van der Waals surface area (Å²) in [4.78, 5) is 9.33. The van der Waals surface area contributed by atoms with Crippen LogP contribution in [0.25, 0.3) is 0 Å². The third-order valence-corrected chi connectivity index (χ3v) is 3.51. The first-order chi connectivity index (χ1) is 8.22. The topological polar surface area (TPSA) is 83.5 Å². The van der Waals surface area contributed by atoms with Crippen LogP contribution in [0.5, 0.6) is 0 Å². The van der Waals surface area contributed by atoms with Gasteiger partial charge in [-0.1, -0.05) is 6.92 Å². The molecule has 0 amide bonds. The molecule has 0 atom stereocenters. The molecule has 0 aliphatic heterocycles. The lowest BCUT2D eigenvalue weighted by atomic mass is 10.2. The summed E-state index contributed by atoms with van der Waals surface area (Å²) >= 11 is 0. The van der Waals surface area contributed by atoms with Crippen LogP contribution in [0.3, 0.4) is 0 Å². The minimum absolute atomic E-state index is 0.122. The maximum atomic E-state index is 13.3. The molecule has 1 aromatic rings. The first-order valence-corrected chi connectivity index (χ1v) is 6.11. The summed E-state index contributed by atoms with van der Waals surface area (Å²) in [7, 11) is -4.43. The standard InChI is InChI=1S/C9H8F3NO4S/c1-2-13-18(16,17)5-3-4(9(14)15)6(10)8(12)7(5)11/h3,13H,2H2,1H3,(H,14,15). The molecule has 2 N–H and O–H groups in total. The van der Waals surface area contributed by atoms with E-state index >= 15 is 0 Å². The largest absolute Gasteiger partial charge is 0.478 e. The van der Waals surface area contributed by atoms with Crippen LogP contribution < -0.4 is 4.72 Å². The highest BCUT2D eigenvalue weighted by Gasteiger charge is 2.28. The Morgan fingerprint density at radius 1 is 1.28 bits per heavy atom. The summed E-state index contributed by atoms with van der Waals surface area (Å²) in [5.41, 5.74) is -1.26. The number of aromatic carboxylic acids is 1. The Labute approximate surface area is 100 Å². The second-order valence-corrected chi connectivity index (χ2v) is 4.91. The summed E-state index contributed by atoms with van der Waals surface area (Å²) < 4.78 is 64.2. The fraction of sp³-hybridized carbons (Fsp3) is 0.222. The van der Waals surface area contributed by atoms with Gasteiger partial charge in [-0.3, -0.25) is 0 Å². The SMILES string of the molecule is CCNS(=O)(=O)c1cc(C(=O)O)c(F)c(F)c1F. The van der Waals surface area contributed by atoms with Crippen LogP contribution in [0.2, 0.25) is 0 Å². The van der Waals surface area contributed by atoms with Crippen LogP contribution in [0, 0.1) is 17.5 Å². The number of carboxylic acid groups (broad SMARTS) is 1. The molecule has 0 saturated carbocycles. The number of halogens is 3. The Morgan fingerprint density at radius 2 is 1.83 bits per heavy atom. The lowest BCUT2D eigenvalue weighted by Gasteiger charge is -2.08. The number of sulfonamides is 1. The van der Waals surface area contributed by atoms with Crippen molar-refractivity contribution in [3.8, 4) is 0 Å². The van der Waals surface area contributed by atoms with Gasteiger partial charge in [0.15, 0.2) is 17.5 Å². The second-order valence-electron chi connectivity index (χ2n) is 3.17. The second kappa shape index (κ2) is 4.94. The molecule has 0 aromatic heterocycles. The molecular weight excluding hydrogens is 275 g/mol. The van der Waals surface area contributed by atoms with Gasteiger partial charge in [-0.15, -0.1) is 0 Å². The molecule has 1 aromatic carbocycles. The Bertz CT molecular complexity index is 600. The van der Waals surface area contributed by atoms with Crippen LogP contribution in [-0.2, 0) is 10.0 Å². The number of hydrogen-bond acceptors (Lipinski definition) is 3. The van der Waals surface area contributed by atoms with Gasteiger partial charge in [0.1, 0.15) is 4.90 Å². The van der Waals surface area contributed by atoms with Crippen LogP contribution in [0.4, 0.5) is 13.2 Å². The highest BCUT2D eigenvalue weighted by atomic mass is 32.2. The molecule has 9 heteroatoms. The lowest BCUT2D eigenvalue weighted by molar-refractivity contribution is 0.0690. The molecular formula is C9H8F3NO4S. The van der Waals surface area contributed by atoms with Crippen molar-refractivity contribution in [3.05, 3.63) is 29.1 Å². The van der Waals surface area contributed by atoms with Crippen LogP contribution >= 0.6 is 0 Å². The van der Waals surface area contributed by atoms with Gasteiger partial charge in [-0.2, -0.15) is 0 Å². The Morgan fingerprint density at radius 3 is 2.28 bits per heavy atom. The summed E-state index contributed by atoms with van der Waals surface area (Å²) in [6.45, 7) is 1.26. The predicted octanol–water partition coefficient (Wildman–Crippen LogP) is 1.10. The third kappa shape index (κ3) is 2.46. The molecule has 0 aliphatic carbocycles. The zero-order valence-electron chi connectivity index (χ0n) is 9.00. The van der Waals surface area contributed by atoms with E-state index in [2.05, 4.69) is 0 Å². The van der Waals surface area contributed by atoms with E-state index in [1.807, 2.05) is 4.72 Å². The van der Waals surface area contributed by atoms with Crippen LogP contribution in [-0.4, -0.2) is 26.0 Å². The van der Waals surface area contributed by atoms with E-state index < -0.39 is 43.9 Å². The molecule has 0 unspecified atom stereocenters. The Balaban J connectivity index is 3.62. The molecule has 5 nitrogen and oxygen atoms in total. The van der Waals surface area contributed by atoms with E-state index in [-0.39, 0.29) is 12.6 Å². The summed E-state index contributed by atoms with van der Waals surface area (Å²) in [6.07, 6.45) is 0. The smallest absolute Gasteiger partial charge is 0.338 e. The first kappa shape index (κ1) is 14.5. The maximum absolute atomic E-state index is 13.3. The minimum Gasteiger partial charge on any atom is -0.478 e. The number of nitrogens with one attached hydrogen (secondary N) is 1. The van der Waals surface area contributed by atoms with Crippen molar-refractivity contribution in [1.82, 2.24) is 4.72 Å².